The van der Waals surface area contributed by atoms with Gasteiger partial charge in [-0.1, -0.05) is 18.9 Å². The zero-order valence-electron chi connectivity index (χ0n) is 16.3. The van der Waals surface area contributed by atoms with E-state index in [-0.39, 0.29) is 0 Å². The number of rotatable bonds is 6. The average Bonchev–Trinajstić information content (AvgIpc) is 3.16. The molecule has 1 heterocycles. The van der Waals surface area contributed by atoms with Crippen molar-refractivity contribution in [2.75, 3.05) is 26.0 Å². The minimum absolute atomic E-state index is 0.573. The molecule has 0 saturated heterocycles. The first-order valence-electron chi connectivity index (χ1n) is 9.42. The number of hydrogen-bond donors (Lipinski definition) is 0. The second-order valence-corrected chi connectivity index (χ2v) is 7.65. The molecular weight excluding hydrogens is 322 g/mol. The number of aldehydes is 1. The van der Waals surface area contributed by atoms with Crippen LogP contribution in [0.2, 0.25) is 0 Å². The molecule has 26 heavy (non-hydrogen) atoms. The summed E-state index contributed by atoms with van der Waals surface area (Å²) < 4.78 is 0. The summed E-state index contributed by atoms with van der Waals surface area (Å²) in [5.41, 5.74) is 6.15. The number of carbonyl (C=O) groups excluding carboxylic acids is 1. The maximum Gasteiger partial charge on any atom is 0.150 e. The number of anilines is 1. The summed E-state index contributed by atoms with van der Waals surface area (Å²) in [7, 11) is 6.24. The molecule has 0 amide bonds. The van der Waals surface area contributed by atoms with E-state index in [1.54, 1.807) is 0 Å². The van der Waals surface area contributed by atoms with Gasteiger partial charge in [-0.05, 0) is 63.2 Å². The van der Waals surface area contributed by atoms with Crippen molar-refractivity contribution in [2.45, 2.75) is 45.2 Å². The molecule has 0 aliphatic heterocycles. The van der Waals surface area contributed by atoms with E-state index in [0.717, 1.165) is 46.5 Å². The predicted molar refractivity (Wildman–Crippen MR) is 108 cm³/mol. The minimum Gasteiger partial charge on any atom is -0.371 e. The van der Waals surface area contributed by atoms with Crippen LogP contribution in [0.3, 0.4) is 0 Å². The molecule has 0 unspecified atom stereocenters. The highest BCUT2D eigenvalue weighted by atomic mass is 16.1. The van der Waals surface area contributed by atoms with Crippen LogP contribution in [0.5, 0.6) is 0 Å². The van der Waals surface area contributed by atoms with Crippen molar-refractivity contribution in [3.8, 4) is 11.1 Å². The summed E-state index contributed by atoms with van der Waals surface area (Å²) in [6.07, 6.45) is 7.95. The summed E-state index contributed by atoms with van der Waals surface area (Å²) in [5.74, 6) is 0. The zero-order valence-corrected chi connectivity index (χ0v) is 16.3. The van der Waals surface area contributed by atoms with Gasteiger partial charge in [0.1, 0.15) is 6.29 Å². The van der Waals surface area contributed by atoms with Crippen molar-refractivity contribution in [1.82, 2.24) is 9.88 Å². The highest BCUT2D eigenvalue weighted by Crippen LogP contribution is 2.34. The second kappa shape index (κ2) is 8.00. The van der Waals surface area contributed by atoms with Crippen molar-refractivity contribution >= 4 is 12.0 Å². The van der Waals surface area contributed by atoms with Crippen LogP contribution in [0.1, 0.15) is 47.3 Å². The van der Waals surface area contributed by atoms with Gasteiger partial charge in [-0.25, -0.2) is 0 Å². The van der Waals surface area contributed by atoms with Crippen LogP contribution in [-0.2, 0) is 6.54 Å². The topological polar surface area (TPSA) is 36.4 Å². The maximum absolute atomic E-state index is 11.6. The number of pyridine rings is 1. The Morgan fingerprint density at radius 3 is 2.42 bits per heavy atom. The Hall–Kier alpha value is -2.20. The fourth-order valence-electron chi connectivity index (χ4n) is 3.88. The van der Waals surface area contributed by atoms with Gasteiger partial charge in [-0.15, -0.1) is 0 Å². The van der Waals surface area contributed by atoms with Crippen LogP contribution >= 0.6 is 0 Å². The van der Waals surface area contributed by atoms with Crippen LogP contribution in [0, 0.1) is 6.92 Å². The van der Waals surface area contributed by atoms with Gasteiger partial charge in [0, 0.05) is 42.6 Å². The van der Waals surface area contributed by atoms with Crippen LogP contribution in [0.15, 0.2) is 30.5 Å². The third kappa shape index (κ3) is 3.96. The molecule has 0 bridgehead atoms. The van der Waals surface area contributed by atoms with Crippen LogP contribution in [-0.4, -0.2) is 43.4 Å². The highest BCUT2D eigenvalue weighted by molar-refractivity contribution is 5.85. The number of hydrogen-bond acceptors (Lipinski definition) is 4. The van der Waals surface area contributed by atoms with Gasteiger partial charge >= 0.3 is 0 Å². The molecule has 1 aliphatic rings. The molecule has 1 aliphatic carbocycles. The van der Waals surface area contributed by atoms with Crippen molar-refractivity contribution in [1.29, 1.82) is 0 Å². The molecule has 0 radical (unpaired) electrons. The van der Waals surface area contributed by atoms with Gasteiger partial charge in [0.05, 0.1) is 5.69 Å². The van der Waals surface area contributed by atoms with E-state index < -0.39 is 0 Å². The molecule has 4 heteroatoms. The number of carbonyl (C=O) groups is 1. The van der Waals surface area contributed by atoms with Crippen LogP contribution in [0.25, 0.3) is 11.1 Å². The summed E-state index contributed by atoms with van der Waals surface area (Å²) in [6.45, 7) is 2.87. The van der Waals surface area contributed by atoms with E-state index in [4.69, 9.17) is 0 Å². The number of aromatic nitrogens is 1. The van der Waals surface area contributed by atoms with Gasteiger partial charge in [-0.2, -0.15) is 0 Å². The Labute approximate surface area is 156 Å². The van der Waals surface area contributed by atoms with Crippen molar-refractivity contribution in [3.63, 3.8) is 0 Å². The molecule has 1 fully saturated rings. The summed E-state index contributed by atoms with van der Waals surface area (Å²) >= 11 is 0. The quantitative estimate of drug-likeness (QED) is 0.727. The molecule has 0 atom stereocenters. The van der Waals surface area contributed by atoms with Crippen molar-refractivity contribution in [3.05, 3.63) is 47.3 Å². The van der Waals surface area contributed by atoms with E-state index in [1.807, 2.05) is 33.3 Å². The summed E-state index contributed by atoms with van der Waals surface area (Å²) in [4.78, 5) is 20.7. The fourth-order valence-corrected chi connectivity index (χ4v) is 3.88. The van der Waals surface area contributed by atoms with E-state index in [1.165, 1.54) is 25.7 Å². The van der Waals surface area contributed by atoms with Gasteiger partial charge in [0.15, 0.2) is 0 Å². The first-order valence-corrected chi connectivity index (χ1v) is 9.42. The standard InChI is InChI=1S/C22H29N3O/c1-16-19(15-26)11-18(12-22(16)25(4)21-7-5-6-8-21)17-9-10-20(23-13-17)14-24(2)3/h9-13,15,21H,5-8,14H2,1-4H3. The molecule has 2 aromatic rings. The Bertz CT molecular complexity index is 762. The Kier molecular flexibility index (Phi) is 5.72. The van der Waals surface area contributed by atoms with E-state index in [0.29, 0.717) is 6.04 Å². The third-order valence-corrected chi connectivity index (χ3v) is 5.44. The molecule has 1 aromatic heterocycles. The molecule has 0 spiro atoms. The lowest BCUT2D eigenvalue weighted by molar-refractivity contribution is 0.112. The Morgan fingerprint density at radius 1 is 1.12 bits per heavy atom. The largest absolute Gasteiger partial charge is 0.371 e. The molecule has 138 valence electrons. The second-order valence-electron chi connectivity index (χ2n) is 7.65. The average molecular weight is 351 g/mol. The minimum atomic E-state index is 0.573. The maximum atomic E-state index is 11.6. The lowest BCUT2D eigenvalue weighted by Crippen LogP contribution is -2.29. The fraction of sp³-hybridized carbons (Fsp3) is 0.455. The number of benzene rings is 1. The van der Waals surface area contributed by atoms with Gasteiger partial charge < -0.3 is 9.80 Å². The van der Waals surface area contributed by atoms with Crippen molar-refractivity contribution in [2.24, 2.45) is 0 Å². The van der Waals surface area contributed by atoms with Crippen LogP contribution < -0.4 is 4.90 Å². The van der Waals surface area contributed by atoms with Gasteiger partial charge in [-0.3, -0.25) is 9.78 Å². The molecule has 3 rings (SSSR count). The lowest BCUT2D eigenvalue weighted by Gasteiger charge is -2.29. The van der Waals surface area contributed by atoms with Crippen LogP contribution in [0.4, 0.5) is 5.69 Å². The SMILES string of the molecule is Cc1c(C=O)cc(-c2ccc(CN(C)C)nc2)cc1N(C)C1CCCC1. The normalized spacial score (nSPS) is 14.8. The van der Waals surface area contributed by atoms with E-state index in [2.05, 4.69) is 40.0 Å². The molecule has 4 nitrogen and oxygen atoms in total. The van der Waals surface area contributed by atoms with Crippen molar-refractivity contribution < 1.29 is 4.79 Å². The van der Waals surface area contributed by atoms with E-state index >= 15 is 0 Å². The summed E-state index contributed by atoms with van der Waals surface area (Å²) in [5, 5.41) is 0. The predicted octanol–water partition coefficient (Wildman–Crippen LogP) is 4.31. The Morgan fingerprint density at radius 2 is 1.85 bits per heavy atom. The zero-order chi connectivity index (χ0) is 18.7. The van der Waals surface area contributed by atoms with Gasteiger partial charge in [0.2, 0.25) is 0 Å². The smallest absolute Gasteiger partial charge is 0.150 e. The first-order chi connectivity index (χ1) is 12.5. The molecule has 1 aromatic carbocycles. The molecule has 1 saturated carbocycles. The van der Waals surface area contributed by atoms with Gasteiger partial charge in [0.25, 0.3) is 0 Å². The monoisotopic (exact) mass is 351 g/mol. The number of nitrogens with zero attached hydrogens (tertiary/aromatic N) is 3. The van der Waals surface area contributed by atoms with E-state index in [9.17, 15) is 4.79 Å². The first kappa shape index (κ1) is 18.6. The summed E-state index contributed by atoms with van der Waals surface area (Å²) in [6, 6.07) is 8.94. The lowest BCUT2D eigenvalue weighted by atomic mass is 9.98. The highest BCUT2D eigenvalue weighted by Gasteiger charge is 2.22. The third-order valence-electron chi connectivity index (χ3n) is 5.44. The molecule has 0 N–H and O–H groups in total. The molecular formula is C22H29N3O. The Balaban J connectivity index is 1.96.